The zero-order chi connectivity index (χ0) is 14.0. The van der Waals surface area contributed by atoms with Gasteiger partial charge < -0.3 is 10.4 Å². The molecule has 7 heteroatoms. The summed E-state index contributed by atoms with van der Waals surface area (Å²) in [4.78, 5) is 34.8. The van der Waals surface area contributed by atoms with Crippen LogP contribution in [0.25, 0.3) is 0 Å². The lowest BCUT2D eigenvalue weighted by Gasteiger charge is -2.13. The van der Waals surface area contributed by atoms with E-state index in [4.69, 9.17) is 5.11 Å². The highest BCUT2D eigenvalue weighted by molar-refractivity contribution is 8.15. The van der Waals surface area contributed by atoms with Gasteiger partial charge in [0.05, 0.1) is 0 Å². The number of aryl methyl sites for hydroxylation is 1. The SMILES string of the molecule is Cc1cccc(N[C@H]2SC(=O)N(CC(=O)O)C2=O)c1. The Kier molecular flexibility index (Phi) is 3.75. The van der Waals surface area contributed by atoms with Gasteiger partial charge in [-0.15, -0.1) is 0 Å². The standard InChI is InChI=1S/C12H12N2O4S/c1-7-3-2-4-8(5-7)13-10-11(17)14(6-9(15)16)12(18)19-10/h2-5,10,13H,6H2,1H3,(H,15,16)/t10-/m0/s1. The number of carboxylic acids is 1. The molecule has 0 aliphatic carbocycles. The van der Waals surface area contributed by atoms with E-state index in [0.717, 1.165) is 27.9 Å². The lowest BCUT2D eigenvalue weighted by Crippen LogP contribution is -2.37. The lowest BCUT2D eigenvalue weighted by molar-refractivity contribution is -0.141. The predicted molar refractivity (Wildman–Crippen MR) is 70.9 cm³/mol. The van der Waals surface area contributed by atoms with Gasteiger partial charge in [-0.05, 0) is 36.4 Å². The maximum Gasteiger partial charge on any atom is 0.323 e. The first-order chi connectivity index (χ1) is 8.97. The number of carbonyl (C=O) groups excluding carboxylic acids is 2. The topological polar surface area (TPSA) is 86.7 Å². The smallest absolute Gasteiger partial charge is 0.323 e. The number of amides is 2. The summed E-state index contributed by atoms with van der Waals surface area (Å²) in [5.74, 6) is -1.74. The average Bonchev–Trinajstić information content (AvgIpc) is 2.57. The molecule has 0 radical (unpaired) electrons. The highest BCUT2D eigenvalue weighted by Gasteiger charge is 2.40. The minimum absolute atomic E-state index is 0.529. The normalized spacial score (nSPS) is 18.8. The molecule has 1 atom stereocenters. The highest BCUT2D eigenvalue weighted by atomic mass is 32.2. The van der Waals surface area contributed by atoms with Crippen molar-refractivity contribution in [3.05, 3.63) is 29.8 Å². The van der Waals surface area contributed by atoms with E-state index in [-0.39, 0.29) is 0 Å². The van der Waals surface area contributed by atoms with E-state index in [0.29, 0.717) is 0 Å². The number of benzene rings is 1. The van der Waals surface area contributed by atoms with E-state index < -0.39 is 29.0 Å². The molecule has 1 aromatic rings. The number of imide groups is 1. The van der Waals surface area contributed by atoms with Crippen LogP contribution >= 0.6 is 11.8 Å². The van der Waals surface area contributed by atoms with Crippen LogP contribution in [0.5, 0.6) is 0 Å². The fourth-order valence-corrected chi connectivity index (χ4v) is 2.61. The summed E-state index contributed by atoms with van der Waals surface area (Å²) in [6.45, 7) is 1.31. The number of aliphatic carboxylic acids is 1. The summed E-state index contributed by atoms with van der Waals surface area (Å²) in [7, 11) is 0. The third kappa shape index (κ3) is 3.05. The van der Waals surface area contributed by atoms with Crippen LogP contribution in [0.3, 0.4) is 0 Å². The van der Waals surface area contributed by atoms with Gasteiger partial charge in [-0.1, -0.05) is 12.1 Å². The van der Waals surface area contributed by atoms with Crippen molar-refractivity contribution in [3.8, 4) is 0 Å². The molecule has 0 saturated carbocycles. The average molecular weight is 280 g/mol. The first kappa shape index (κ1) is 13.4. The molecule has 1 aliphatic heterocycles. The van der Waals surface area contributed by atoms with Crippen LogP contribution in [-0.2, 0) is 9.59 Å². The van der Waals surface area contributed by atoms with Crippen LogP contribution in [0.4, 0.5) is 10.5 Å². The number of hydrogen-bond donors (Lipinski definition) is 2. The molecular weight excluding hydrogens is 268 g/mol. The minimum atomic E-state index is -1.21. The first-order valence-corrected chi connectivity index (χ1v) is 6.42. The van der Waals surface area contributed by atoms with Gasteiger partial charge in [0, 0.05) is 5.69 Å². The molecule has 2 N–H and O–H groups in total. The van der Waals surface area contributed by atoms with Crippen molar-refractivity contribution in [1.82, 2.24) is 4.90 Å². The molecule has 19 heavy (non-hydrogen) atoms. The monoisotopic (exact) mass is 280 g/mol. The van der Waals surface area contributed by atoms with Gasteiger partial charge in [-0.3, -0.25) is 19.3 Å². The van der Waals surface area contributed by atoms with Crippen LogP contribution in [-0.4, -0.2) is 39.0 Å². The first-order valence-electron chi connectivity index (χ1n) is 5.54. The molecule has 2 amide bonds. The molecule has 1 saturated heterocycles. The van der Waals surface area contributed by atoms with Gasteiger partial charge >= 0.3 is 5.97 Å². The predicted octanol–water partition coefficient (Wildman–Crippen LogP) is 1.51. The third-order valence-electron chi connectivity index (χ3n) is 2.54. The van der Waals surface area contributed by atoms with Crippen molar-refractivity contribution in [2.24, 2.45) is 0 Å². The van der Waals surface area contributed by atoms with E-state index in [2.05, 4.69) is 5.32 Å². The molecule has 1 aromatic carbocycles. The summed E-state index contributed by atoms with van der Waals surface area (Å²) in [5, 5.41) is 10.3. The number of rotatable bonds is 4. The third-order valence-corrected chi connectivity index (χ3v) is 3.52. The van der Waals surface area contributed by atoms with Crippen LogP contribution in [0.15, 0.2) is 24.3 Å². The fraction of sp³-hybridized carbons (Fsp3) is 0.250. The summed E-state index contributed by atoms with van der Waals surface area (Å²) in [5.41, 5.74) is 1.74. The summed E-state index contributed by atoms with van der Waals surface area (Å²) in [6, 6.07) is 7.37. The number of thioether (sulfide) groups is 1. The van der Waals surface area contributed by atoms with Gasteiger partial charge in [-0.25, -0.2) is 0 Å². The zero-order valence-corrected chi connectivity index (χ0v) is 10.9. The van der Waals surface area contributed by atoms with E-state index in [1.165, 1.54) is 0 Å². The lowest BCUT2D eigenvalue weighted by atomic mass is 10.2. The molecule has 0 unspecified atom stereocenters. The number of hydrogen-bond acceptors (Lipinski definition) is 5. The second-order valence-corrected chi connectivity index (χ2v) is 5.15. The molecular formula is C12H12N2O4S. The summed E-state index contributed by atoms with van der Waals surface area (Å²) in [6.07, 6.45) is 0. The number of anilines is 1. The Morgan fingerprint density at radius 3 is 2.84 bits per heavy atom. The summed E-state index contributed by atoms with van der Waals surface area (Å²) < 4.78 is 0. The van der Waals surface area contributed by atoms with Crippen molar-refractivity contribution in [1.29, 1.82) is 0 Å². The number of nitrogens with zero attached hydrogens (tertiary/aromatic N) is 1. The molecule has 2 rings (SSSR count). The Balaban J connectivity index is 2.09. The molecule has 1 heterocycles. The van der Waals surface area contributed by atoms with Gasteiger partial charge in [0.1, 0.15) is 6.54 Å². The van der Waals surface area contributed by atoms with Gasteiger partial charge in [0.15, 0.2) is 5.37 Å². The number of carboxylic acid groups (broad SMARTS) is 1. The van der Waals surface area contributed by atoms with Crippen molar-refractivity contribution in [3.63, 3.8) is 0 Å². The van der Waals surface area contributed by atoms with Crippen molar-refractivity contribution >= 4 is 34.6 Å². The Labute approximate surface area is 113 Å². The van der Waals surface area contributed by atoms with E-state index in [9.17, 15) is 14.4 Å². The second-order valence-electron chi connectivity index (χ2n) is 4.10. The molecule has 0 bridgehead atoms. The Hall–Kier alpha value is -2.02. The second kappa shape index (κ2) is 5.31. The Bertz CT molecular complexity index is 546. The molecule has 0 spiro atoms. The minimum Gasteiger partial charge on any atom is -0.480 e. The Morgan fingerprint density at radius 1 is 1.47 bits per heavy atom. The molecule has 100 valence electrons. The Morgan fingerprint density at radius 2 is 2.21 bits per heavy atom. The summed E-state index contributed by atoms with van der Waals surface area (Å²) >= 11 is 0.787. The van der Waals surface area contributed by atoms with Gasteiger partial charge in [0.2, 0.25) is 0 Å². The maximum atomic E-state index is 11.9. The van der Waals surface area contributed by atoms with Crippen molar-refractivity contribution < 1.29 is 19.5 Å². The van der Waals surface area contributed by atoms with E-state index >= 15 is 0 Å². The molecule has 1 fully saturated rings. The van der Waals surface area contributed by atoms with E-state index in [1.54, 1.807) is 6.07 Å². The molecule has 1 aliphatic rings. The highest BCUT2D eigenvalue weighted by Crippen LogP contribution is 2.28. The van der Waals surface area contributed by atoms with Gasteiger partial charge in [0.25, 0.3) is 11.1 Å². The van der Waals surface area contributed by atoms with Crippen molar-refractivity contribution in [2.45, 2.75) is 12.3 Å². The van der Waals surface area contributed by atoms with Crippen LogP contribution < -0.4 is 5.32 Å². The quantitative estimate of drug-likeness (QED) is 0.869. The number of carbonyl (C=O) groups is 3. The van der Waals surface area contributed by atoms with E-state index in [1.807, 2.05) is 25.1 Å². The zero-order valence-electron chi connectivity index (χ0n) is 10.1. The largest absolute Gasteiger partial charge is 0.480 e. The number of nitrogens with one attached hydrogen (secondary N) is 1. The molecule has 6 nitrogen and oxygen atoms in total. The van der Waals surface area contributed by atoms with Crippen LogP contribution in [0.1, 0.15) is 5.56 Å². The van der Waals surface area contributed by atoms with Crippen molar-refractivity contribution in [2.75, 3.05) is 11.9 Å². The van der Waals surface area contributed by atoms with Gasteiger partial charge in [-0.2, -0.15) is 0 Å². The maximum absolute atomic E-state index is 11.9. The van der Waals surface area contributed by atoms with Crippen LogP contribution in [0, 0.1) is 6.92 Å². The fourth-order valence-electron chi connectivity index (χ4n) is 1.70. The van der Waals surface area contributed by atoms with Crippen LogP contribution in [0.2, 0.25) is 0 Å². The molecule has 0 aromatic heterocycles.